The summed E-state index contributed by atoms with van der Waals surface area (Å²) in [4.78, 5) is 28.9. The molecule has 0 atom stereocenters. The fraction of sp³-hybridized carbons (Fsp3) is 0.429. The van der Waals surface area contributed by atoms with Crippen molar-refractivity contribution in [1.29, 1.82) is 5.26 Å². The van der Waals surface area contributed by atoms with E-state index in [0.29, 0.717) is 12.2 Å². The number of amides is 1. The Labute approximate surface area is 118 Å². The second kappa shape index (κ2) is 8.64. The molecule has 0 aliphatic heterocycles. The van der Waals surface area contributed by atoms with Crippen LogP contribution in [0.15, 0.2) is 24.5 Å². The number of aromatic nitrogens is 1. The summed E-state index contributed by atoms with van der Waals surface area (Å²) in [7, 11) is 0. The van der Waals surface area contributed by atoms with E-state index in [1.165, 1.54) is 17.3 Å². The molecule has 106 valence electrons. The first-order chi connectivity index (χ1) is 9.69. The van der Waals surface area contributed by atoms with Crippen molar-refractivity contribution in [2.24, 2.45) is 0 Å². The second-order valence-electron chi connectivity index (χ2n) is 3.99. The number of carbonyl (C=O) groups is 2. The Bertz CT molecular complexity index is 482. The second-order valence-corrected chi connectivity index (χ2v) is 3.99. The highest BCUT2D eigenvalue weighted by Crippen LogP contribution is 2.06. The Hall–Kier alpha value is -2.42. The first-order valence-electron chi connectivity index (χ1n) is 6.41. The zero-order valence-corrected chi connectivity index (χ0v) is 11.4. The highest BCUT2D eigenvalue weighted by atomic mass is 16.5. The Morgan fingerprint density at radius 3 is 2.65 bits per heavy atom. The number of pyridine rings is 1. The molecular weight excluding hydrogens is 258 g/mol. The van der Waals surface area contributed by atoms with E-state index < -0.39 is 0 Å². The fourth-order valence-corrected chi connectivity index (χ4v) is 1.64. The third-order valence-corrected chi connectivity index (χ3v) is 2.60. The van der Waals surface area contributed by atoms with Gasteiger partial charge >= 0.3 is 5.97 Å². The third-order valence-electron chi connectivity index (χ3n) is 2.60. The van der Waals surface area contributed by atoms with Crippen LogP contribution in [-0.2, 0) is 9.53 Å². The molecule has 1 rings (SSSR count). The Morgan fingerprint density at radius 1 is 1.35 bits per heavy atom. The van der Waals surface area contributed by atoms with Crippen LogP contribution < -0.4 is 0 Å². The van der Waals surface area contributed by atoms with Crippen LogP contribution in [0.1, 0.15) is 30.1 Å². The lowest BCUT2D eigenvalue weighted by molar-refractivity contribution is -0.143. The number of carbonyl (C=O) groups excluding carboxylic acids is 2. The molecule has 1 aromatic rings. The van der Waals surface area contributed by atoms with Gasteiger partial charge in [-0.05, 0) is 19.1 Å². The molecule has 6 heteroatoms. The minimum Gasteiger partial charge on any atom is -0.466 e. The van der Waals surface area contributed by atoms with Crippen molar-refractivity contribution in [1.82, 2.24) is 9.88 Å². The molecule has 1 heterocycles. The van der Waals surface area contributed by atoms with Gasteiger partial charge in [-0.3, -0.25) is 14.6 Å². The van der Waals surface area contributed by atoms with Crippen LogP contribution in [-0.4, -0.2) is 41.5 Å². The van der Waals surface area contributed by atoms with E-state index in [2.05, 4.69) is 4.98 Å². The number of hydrogen-bond donors (Lipinski definition) is 0. The fourth-order valence-electron chi connectivity index (χ4n) is 1.64. The summed E-state index contributed by atoms with van der Waals surface area (Å²) in [6.45, 7) is 2.57. The highest BCUT2D eigenvalue weighted by molar-refractivity contribution is 5.94. The summed E-state index contributed by atoms with van der Waals surface area (Å²) in [5, 5.41) is 8.64. The zero-order valence-electron chi connectivity index (χ0n) is 11.4. The summed E-state index contributed by atoms with van der Waals surface area (Å²) in [5.41, 5.74) is 0.488. The van der Waals surface area contributed by atoms with Crippen molar-refractivity contribution in [3.8, 4) is 6.07 Å². The topological polar surface area (TPSA) is 83.3 Å². The van der Waals surface area contributed by atoms with Gasteiger partial charge in [-0.25, -0.2) is 0 Å². The predicted octanol–water partition coefficient (Wildman–Crippen LogP) is 1.39. The third kappa shape index (κ3) is 5.06. The van der Waals surface area contributed by atoms with Gasteiger partial charge in [0.05, 0.1) is 25.5 Å². The van der Waals surface area contributed by atoms with Gasteiger partial charge in [-0.2, -0.15) is 5.26 Å². The van der Waals surface area contributed by atoms with Crippen LogP contribution in [0.5, 0.6) is 0 Å². The lowest BCUT2D eigenvalue weighted by Gasteiger charge is -2.21. The summed E-state index contributed by atoms with van der Waals surface area (Å²) in [6.07, 6.45) is 3.40. The van der Waals surface area contributed by atoms with Crippen molar-refractivity contribution in [2.75, 3.05) is 19.7 Å². The van der Waals surface area contributed by atoms with E-state index in [-0.39, 0.29) is 37.8 Å². The van der Waals surface area contributed by atoms with Crippen LogP contribution in [0.4, 0.5) is 0 Å². The van der Waals surface area contributed by atoms with Gasteiger partial charge in [0.2, 0.25) is 0 Å². The molecule has 0 spiro atoms. The standard InChI is InChI=1S/C14H17N3O3/c1-2-20-13(18)6-11-17(10-3-7-15)14(19)12-4-8-16-9-5-12/h4-5,8-9H,2-3,6,10-11H2,1H3. The van der Waals surface area contributed by atoms with Crippen molar-refractivity contribution in [3.63, 3.8) is 0 Å². The maximum absolute atomic E-state index is 12.3. The van der Waals surface area contributed by atoms with Gasteiger partial charge in [-0.15, -0.1) is 0 Å². The van der Waals surface area contributed by atoms with Crippen LogP contribution in [0, 0.1) is 11.3 Å². The molecular formula is C14H17N3O3. The molecule has 0 aliphatic carbocycles. The Kier molecular flexibility index (Phi) is 6.76. The number of nitrogens with zero attached hydrogens (tertiary/aromatic N) is 3. The van der Waals surface area contributed by atoms with Gasteiger partial charge < -0.3 is 9.64 Å². The molecule has 0 bridgehead atoms. The van der Waals surface area contributed by atoms with Crippen molar-refractivity contribution in [3.05, 3.63) is 30.1 Å². The molecule has 1 amide bonds. The van der Waals surface area contributed by atoms with E-state index in [9.17, 15) is 9.59 Å². The van der Waals surface area contributed by atoms with E-state index in [4.69, 9.17) is 10.00 Å². The molecule has 0 saturated heterocycles. The molecule has 0 aliphatic rings. The quantitative estimate of drug-likeness (QED) is 0.702. The largest absolute Gasteiger partial charge is 0.466 e. The Balaban J connectivity index is 2.66. The van der Waals surface area contributed by atoms with Crippen LogP contribution in [0.25, 0.3) is 0 Å². The average Bonchev–Trinajstić information content (AvgIpc) is 2.48. The van der Waals surface area contributed by atoms with Crippen molar-refractivity contribution in [2.45, 2.75) is 19.8 Å². The summed E-state index contributed by atoms with van der Waals surface area (Å²) in [6, 6.07) is 5.20. The van der Waals surface area contributed by atoms with E-state index in [1.807, 2.05) is 6.07 Å². The maximum Gasteiger partial charge on any atom is 0.307 e. The minimum absolute atomic E-state index is 0.121. The summed E-state index contributed by atoms with van der Waals surface area (Å²) in [5.74, 6) is -0.566. The van der Waals surface area contributed by atoms with Gasteiger partial charge in [0.25, 0.3) is 5.91 Å². The first kappa shape index (κ1) is 15.6. The first-order valence-corrected chi connectivity index (χ1v) is 6.41. The van der Waals surface area contributed by atoms with Crippen LogP contribution in [0.2, 0.25) is 0 Å². The molecule has 0 N–H and O–H groups in total. The lowest BCUT2D eigenvalue weighted by Crippen LogP contribution is -2.34. The smallest absolute Gasteiger partial charge is 0.307 e. The number of rotatable bonds is 7. The summed E-state index contributed by atoms with van der Waals surface area (Å²) >= 11 is 0. The average molecular weight is 275 g/mol. The number of esters is 1. The molecule has 0 saturated carbocycles. The molecule has 0 radical (unpaired) electrons. The van der Waals surface area contributed by atoms with Gasteiger partial charge in [0.1, 0.15) is 0 Å². The van der Waals surface area contributed by atoms with Gasteiger partial charge in [0.15, 0.2) is 0 Å². The predicted molar refractivity (Wildman–Crippen MR) is 71.6 cm³/mol. The number of hydrogen-bond acceptors (Lipinski definition) is 5. The van der Waals surface area contributed by atoms with Crippen LogP contribution in [0.3, 0.4) is 0 Å². The Morgan fingerprint density at radius 2 is 2.05 bits per heavy atom. The van der Waals surface area contributed by atoms with Crippen molar-refractivity contribution >= 4 is 11.9 Å². The van der Waals surface area contributed by atoms with E-state index in [0.717, 1.165) is 0 Å². The molecule has 0 unspecified atom stereocenters. The number of nitriles is 1. The molecule has 0 aromatic carbocycles. The van der Waals surface area contributed by atoms with Crippen LogP contribution >= 0.6 is 0 Å². The van der Waals surface area contributed by atoms with E-state index >= 15 is 0 Å². The lowest BCUT2D eigenvalue weighted by atomic mass is 10.2. The molecule has 0 fully saturated rings. The summed E-state index contributed by atoms with van der Waals surface area (Å²) < 4.78 is 4.83. The normalized spacial score (nSPS) is 9.60. The zero-order chi connectivity index (χ0) is 14.8. The van der Waals surface area contributed by atoms with Crippen molar-refractivity contribution < 1.29 is 14.3 Å². The SMILES string of the molecule is CCOC(=O)CCN(CCC#N)C(=O)c1ccncc1. The molecule has 1 aromatic heterocycles. The monoisotopic (exact) mass is 275 g/mol. The van der Waals surface area contributed by atoms with E-state index in [1.54, 1.807) is 19.1 Å². The maximum atomic E-state index is 12.3. The minimum atomic E-state index is -0.350. The van der Waals surface area contributed by atoms with Gasteiger partial charge in [-0.1, -0.05) is 0 Å². The molecule has 6 nitrogen and oxygen atoms in total. The number of ether oxygens (including phenoxy) is 1. The highest BCUT2D eigenvalue weighted by Gasteiger charge is 2.16. The molecule has 20 heavy (non-hydrogen) atoms. The van der Waals surface area contributed by atoms with Gasteiger partial charge in [0, 0.05) is 31.0 Å².